The van der Waals surface area contributed by atoms with E-state index in [0.717, 1.165) is 6.07 Å². The number of halogens is 4. The molecule has 0 saturated heterocycles. The third-order valence-electron chi connectivity index (χ3n) is 4.82. The van der Waals surface area contributed by atoms with E-state index >= 15 is 0 Å². The number of hydrogen-bond donors (Lipinski definition) is 2. The second-order valence-electron chi connectivity index (χ2n) is 7.05. The molecule has 0 amide bonds. The van der Waals surface area contributed by atoms with Crippen LogP contribution < -0.4 is 25.1 Å². The molecule has 0 saturated carbocycles. The molecule has 0 unspecified atom stereocenters. The number of aromatic nitrogens is 4. The number of anilines is 2. The van der Waals surface area contributed by atoms with Gasteiger partial charge in [0.25, 0.3) is 5.56 Å². The zero-order valence-electron chi connectivity index (χ0n) is 18.2. The van der Waals surface area contributed by atoms with Crippen LogP contribution in [0.4, 0.5) is 29.5 Å². The van der Waals surface area contributed by atoms with Crippen molar-refractivity contribution in [3.63, 3.8) is 0 Å². The quantitative estimate of drug-likeness (QED) is 0.244. The molecule has 0 spiro atoms. The Balaban J connectivity index is 1.78. The summed E-state index contributed by atoms with van der Waals surface area (Å²) in [5, 5.41) is 2.57. The Hall–Kier alpha value is -4.49. The molecule has 0 bridgehead atoms. The minimum absolute atomic E-state index is 0.0407. The number of carbonyl (C=O) groups is 1. The minimum Gasteiger partial charge on any atom is -0.497 e. The van der Waals surface area contributed by atoms with E-state index in [1.54, 1.807) is 19.1 Å². The maximum absolute atomic E-state index is 14.4. The Morgan fingerprint density at radius 3 is 2.43 bits per heavy atom. The highest BCUT2D eigenvalue weighted by Gasteiger charge is 2.41. The number of hydrogen-bond acceptors (Lipinski definition) is 9. The number of alkyl halides is 3. The molecule has 0 atom stereocenters. The van der Waals surface area contributed by atoms with Gasteiger partial charge in [-0.2, -0.15) is 13.2 Å². The fraction of sp³-hybridized carbons (Fsp3) is 0.190. The normalized spacial score (nSPS) is 11.5. The first-order valence-electron chi connectivity index (χ1n) is 9.70. The second kappa shape index (κ2) is 8.70. The molecule has 0 aliphatic carbocycles. The van der Waals surface area contributed by atoms with E-state index in [9.17, 15) is 27.2 Å². The van der Waals surface area contributed by atoms with Gasteiger partial charge < -0.3 is 14.2 Å². The molecule has 10 nitrogen and oxygen atoms in total. The molecule has 0 fully saturated rings. The number of H-pyrrole nitrogens is 1. The van der Waals surface area contributed by atoms with Crippen molar-refractivity contribution in [3.8, 4) is 17.2 Å². The number of benzene rings is 2. The zero-order valence-corrected chi connectivity index (χ0v) is 18.2. The summed E-state index contributed by atoms with van der Waals surface area (Å²) in [6.07, 6.45) is -5.32. The van der Waals surface area contributed by atoms with Crippen molar-refractivity contribution in [1.82, 2.24) is 19.9 Å². The fourth-order valence-electron chi connectivity index (χ4n) is 3.25. The number of nitrogens with zero attached hydrogens (tertiary/aromatic N) is 3. The highest BCUT2D eigenvalue weighted by atomic mass is 19.4. The number of carbonyl (C=O) groups excluding carboxylic acids is 1. The molecule has 4 aromatic rings. The van der Waals surface area contributed by atoms with Gasteiger partial charge in [0, 0.05) is 11.5 Å². The molecule has 0 aliphatic rings. The van der Waals surface area contributed by atoms with Crippen molar-refractivity contribution in [2.24, 2.45) is 0 Å². The monoisotopic (exact) mass is 493 g/mol. The van der Waals surface area contributed by atoms with Gasteiger partial charge >= 0.3 is 12.1 Å². The lowest BCUT2D eigenvalue weighted by Gasteiger charge is -2.12. The van der Waals surface area contributed by atoms with Crippen LogP contribution in [0, 0.1) is 12.7 Å². The molecule has 14 heteroatoms. The number of ether oxygens (including phenoxy) is 3. The lowest BCUT2D eigenvalue weighted by atomic mass is 10.1. The van der Waals surface area contributed by atoms with Crippen molar-refractivity contribution in [1.29, 1.82) is 0 Å². The van der Waals surface area contributed by atoms with Gasteiger partial charge in [-0.1, -0.05) is 0 Å². The maximum atomic E-state index is 14.4. The van der Waals surface area contributed by atoms with Gasteiger partial charge in [-0.15, -0.1) is 0 Å². The standard InChI is InChI=1S/C21H15F4N5O5/c1-8-10-6-9(33-2)7-13(34-3)15(10)27-19(26-8)30-20-28-16-11(22)4-5-12(14(16)17(31)29-20)35-18(32)21(23,24)25/h4-7H,1-3H3,(H2,26,27,28,29,30,31). The van der Waals surface area contributed by atoms with Crippen molar-refractivity contribution in [3.05, 3.63) is 46.1 Å². The van der Waals surface area contributed by atoms with E-state index in [1.807, 2.05) is 0 Å². The molecule has 2 aromatic heterocycles. The predicted molar refractivity (Wildman–Crippen MR) is 115 cm³/mol. The minimum atomic E-state index is -5.32. The van der Waals surface area contributed by atoms with Crippen LogP contribution in [0.2, 0.25) is 0 Å². The Morgan fingerprint density at radius 1 is 1.03 bits per heavy atom. The van der Waals surface area contributed by atoms with Crippen LogP contribution >= 0.6 is 0 Å². The molecule has 2 N–H and O–H groups in total. The van der Waals surface area contributed by atoms with E-state index in [-0.39, 0.29) is 11.9 Å². The topological polar surface area (TPSA) is 128 Å². The van der Waals surface area contributed by atoms with Gasteiger partial charge in [0.05, 0.1) is 19.9 Å². The third kappa shape index (κ3) is 4.49. The number of rotatable bonds is 5. The van der Waals surface area contributed by atoms with Crippen LogP contribution in [0.25, 0.3) is 21.8 Å². The summed E-state index contributed by atoms with van der Waals surface area (Å²) in [5.41, 5.74) is -0.797. The number of esters is 1. The van der Waals surface area contributed by atoms with E-state index < -0.39 is 40.2 Å². The van der Waals surface area contributed by atoms with Crippen LogP contribution in [-0.2, 0) is 4.79 Å². The highest BCUT2D eigenvalue weighted by Crippen LogP contribution is 2.32. The van der Waals surface area contributed by atoms with E-state index in [4.69, 9.17) is 9.47 Å². The molecular weight excluding hydrogens is 478 g/mol. The summed E-state index contributed by atoms with van der Waals surface area (Å²) in [4.78, 5) is 38.5. The van der Waals surface area contributed by atoms with Crippen molar-refractivity contribution < 1.29 is 36.6 Å². The van der Waals surface area contributed by atoms with E-state index in [1.165, 1.54) is 14.2 Å². The average molecular weight is 493 g/mol. The van der Waals surface area contributed by atoms with Crippen molar-refractivity contribution in [2.75, 3.05) is 19.5 Å². The molecule has 0 radical (unpaired) electrons. The second-order valence-corrected chi connectivity index (χ2v) is 7.05. The molecule has 35 heavy (non-hydrogen) atoms. The molecule has 2 aromatic carbocycles. The Bertz CT molecular complexity index is 1540. The third-order valence-corrected chi connectivity index (χ3v) is 4.82. The van der Waals surface area contributed by atoms with Crippen molar-refractivity contribution >= 4 is 39.7 Å². The Morgan fingerprint density at radius 2 is 1.77 bits per heavy atom. The van der Waals surface area contributed by atoms with Crippen LogP contribution in [-0.4, -0.2) is 46.3 Å². The summed E-state index contributed by atoms with van der Waals surface area (Å²) in [6, 6.07) is 4.74. The number of aryl methyl sites for hydroxylation is 1. The summed E-state index contributed by atoms with van der Waals surface area (Å²) in [6.45, 7) is 1.69. The highest BCUT2D eigenvalue weighted by molar-refractivity contribution is 5.90. The number of fused-ring (bicyclic) bond motifs is 2. The smallest absolute Gasteiger partial charge is 0.491 e. The van der Waals surface area contributed by atoms with Gasteiger partial charge in [0.1, 0.15) is 39.5 Å². The summed E-state index contributed by atoms with van der Waals surface area (Å²) < 4.78 is 66.9. The Labute approximate surface area is 192 Å². The van der Waals surface area contributed by atoms with Crippen LogP contribution in [0.15, 0.2) is 29.1 Å². The fourth-order valence-corrected chi connectivity index (χ4v) is 3.25. The van der Waals surface area contributed by atoms with E-state index in [2.05, 4.69) is 30.0 Å². The first-order valence-corrected chi connectivity index (χ1v) is 9.70. The zero-order chi connectivity index (χ0) is 25.5. The van der Waals surface area contributed by atoms with Gasteiger partial charge in [0.2, 0.25) is 11.9 Å². The SMILES string of the molecule is COc1cc(OC)c2nc(Nc3nc4c(F)ccc(OC(=O)C(F)(F)F)c4c(=O)[nH]3)nc(C)c2c1. The summed E-state index contributed by atoms with van der Waals surface area (Å²) >= 11 is 0. The predicted octanol–water partition coefficient (Wildman–Crippen LogP) is 3.54. The largest absolute Gasteiger partial charge is 0.497 e. The summed E-state index contributed by atoms with van der Waals surface area (Å²) in [5.74, 6) is -3.88. The number of aromatic amines is 1. The first-order chi connectivity index (χ1) is 16.5. The van der Waals surface area contributed by atoms with Crippen LogP contribution in [0.1, 0.15) is 5.69 Å². The van der Waals surface area contributed by atoms with Crippen LogP contribution in [0.3, 0.4) is 0 Å². The summed E-state index contributed by atoms with van der Waals surface area (Å²) in [7, 11) is 2.93. The van der Waals surface area contributed by atoms with Crippen molar-refractivity contribution in [2.45, 2.75) is 13.1 Å². The van der Waals surface area contributed by atoms with Gasteiger partial charge in [-0.05, 0) is 25.1 Å². The Kier molecular flexibility index (Phi) is 5.88. The number of methoxy groups -OCH3 is 2. The lowest BCUT2D eigenvalue weighted by molar-refractivity contribution is -0.189. The van der Waals surface area contributed by atoms with Gasteiger partial charge in [0.15, 0.2) is 0 Å². The lowest BCUT2D eigenvalue weighted by Crippen LogP contribution is -2.28. The molecule has 4 rings (SSSR count). The molecule has 182 valence electrons. The number of nitrogens with one attached hydrogen (secondary N) is 2. The molecule has 2 heterocycles. The molecule has 0 aliphatic heterocycles. The molecular formula is C21H15F4N5O5. The first kappa shape index (κ1) is 23.7. The average Bonchev–Trinajstić information content (AvgIpc) is 2.79. The van der Waals surface area contributed by atoms with Gasteiger partial charge in [-0.25, -0.2) is 24.1 Å². The van der Waals surface area contributed by atoms with E-state index in [0.29, 0.717) is 34.2 Å². The van der Waals surface area contributed by atoms with Gasteiger partial charge in [-0.3, -0.25) is 15.1 Å². The van der Waals surface area contributed by atoms with Crippen LogP contribution in [0.5, 0.6) is 17.2 Å². The maximum Gasteiger partial charge on any atom is 0.491 e.